The molecule has 0 heterocycles. The highest BCUT2D eigenvalue weighted by molar-refractivity contribution is 5.21. The summed E-state index contributed by atoms with van der Waals surface area (Å²) in [4.78, 5) is 0. The minimum Gasteiger partial charge on any atom is -0.489 e. The Labute approximate surface area is 103 Å². The van der Waals surface area contributed by atoms with Gasteiger partial charge in [-0.3, -0.25) is 0 Å². The number of benzene rings is 1. The average molecular weight is 229 g/mol. The van der Waals surface area contributed by atoms with Crippen molar-refractivity contribution in [2.45, 2.75) is 38.7 Å². The molecule has 3 unspecified atom stereocenters. The summed E-state index contributed by atoms with van der Waals surface area (Å²) in [6.45, 7) is 2.22. The zero-order chi connectivity index (χ0) is 12.1. The fourth-order valence-corrected chi connectivity index (χ4v) is 2.53. The third kappa shape index (κ3) is 3.00. The van der Waals surface area contributed by atoms with Crippen molar-refractivity contribution >= 4 is 0 Å². The third-order valence-corrected chi connectivity index (χ3v) is 3.67. The van der Waals surface area contributed by atoms with Crippen molar-refractivity contribution in [2.75, 3.05) is 0 Å². The zero-order valence-corrected chi connectivity index (χ0v) is 10.3. The van der Waals surface area contributed by atoms with Crippen molar-refractivity contribution in [1.29, 1.82) is 5.26 Å². The molecule has 0 spiro atoms. The van der Waals surface area contributed by atoms with E-state index in [9.17, 15) is 0 Å². The van der Waals surface area contributed by atoms with Gasteiger partial charge in [0, 0.05) is 0 Å². The molecule has 2 heteroatoms. The SMILES string of the molecule is CCC1CCC(C#N)C(Oc2ccccc2)C1. The monoisotopic (exact) mass is 229 g/mol. The van der Waals surface area contributed by atoms with Crippen LogP contribution in [0, 0.1) is 23.2 Å². The number of nitriles is 1. The number of nitrogens with zero attached hydrogens (tertiary/aromatic N) is 1. The van der Waals surface area contributed by atoms with Crippen LogP contribution in [0.15, 0.2) is 30.3 Å². The molecule has 2 nitrogen and oxygen atoms in total. The molecule has 0 radical (unpaired) electrons. The van der Waals surface area contributed by atoms with Crippen molar-refractivity contribution in [3.8, 4) is 11.8 Å². The Hall–Kier alpha value is -1.49. The van der Waals surface area contributed by atoms with Crippen molar-refractivity contribution < 1.29 is 4.74 Å². The Morgan fingerprint density at radius 3 is 2.71 bits per heavy atom. The maximum absolute atomic E-state index is 9.17. The summed E-state index contributed by atoms with van der Waals surface area (Å²) < 4.78 is 5.97. The van der Waals surface area contributed by atoms with Crippen LogP contribution >= 0.6 is 0 Å². The lowest BCUT2D eigenvalue weighted by Crippen LogP contribution is -2.33. The van der Waals surface area contributed by atoms with Gasteiger partial charge in [-0.25, -0.2) is 0 Å². The molecule has 1 aliphatic rings. The fourth-order valence-electron chi connectivity index (χ4n) is 2.53. The maximum Gasteiger partial charge on any atom is 0.119 e. The normalized spacial score (nSPS) is 28.4. The van der Waals surface area contributed by atoms with Gasteiger partial charge in [-0.05, 0) is 37.3 Å². The lowest BCUT2D eigenvalue weighted by atomic mass is 9.79. The van der Waals surface area contributed by atoms with Crippen LogP contribution in [0.4, 0.5) is 0 Å². The summed E-state index contributed by atoms with van der Waals surface area (Å²) >= 11 is 0. The Balaban J connectivity index is 2.03. The van der Waals surface area contributed by atoms with Crippen LogP contribution in [-0.2, 0) is 0 Å². The lowest BCUT2D eigenvalue weighted by molar-refractivity contribution is 0.0893. The second-order valence-corrected chi connectivity index (χ2v) is 4.79. The molecular weight excluding hydrogens is 210 g/mol. The van der Waals surface area contributed by atoms with E-state index in [0.29, 0.717) is 5.92 Å². The predicted molar refractivity (Wildman–Crippen MR) is 67.6 cm³/mol. The lowest BCUT2D eigenvalue weighted by Gasteiger charge is -2.32. The number of hydrogen-bond acceptors (Lipinski definition) is 2. The molecule has 1 aromatic rings. The summed E-state index contributed by atoms with van der Waals surface area (Å²) in [5.41, 5.74) is 0. The van der Waals surface area contributed by atoms with Gasteiger partial charge in [-0.1, -0.05) is 31.5 Å². The smallest absolute Gasteiger partial charge is 0.119 e. The van der Waals surface area contributed by atoms with E-state index in [0.717, 1.165) is 18.6 Å². The van der Waals surface area contributed by atoms with E-state index < -0.39 is 0 Å². The van der Waals surface area contributed by atoms with E-state index >= 15 is 0 Å². The first-order valence-corrected chi connectivity index (χ1v) is 6.44. The molecule has 0 N–H and O–H groups in total. The molecule has 0 bridgehead atoms. The highest BCUT2D eigenvalue weighted by Crippen LogP contribution is 2.33. The van der Waals surface area contributed by atoms with Gasteiger partial charge in [0.15, 0.2) is 0 Å². The maximum atomic E-state index is 9.17. The summed E-state index contributed by atoms with van der Waals surface area (Å²) in [6, 6.07) is 12.2. The van der Waals surface area contributed by atoms with Crippen molar-refractivity contribution in [2.24, 2.45) is 11.8 Å². The molecule has 0 aromatic heterocycles. The molecule has 1 aliphatic carbocycles. The van der Waals surface area contributed by atoms with E-state index in [-0.39, 0.29) is 12.0 Å². The first kappa shape index (κ1) is 12.0. The molecule has 1 aromatic carbocycles. The van der Waals surface area contributed by atoms with Crippen LogP contribution in [0.2, 0.25) is 0 Å². The topological polar surface area (TPSA) is 33.0 Å². The van der Waals surface area contributed by atoms with E-state index in [1.54, 1.807) is 0 Å². The van der Waals surface area contributed by atoms with Crippen LogP contribution in [0.5, 0.6) is 5.75 Å². The number of para-hydroxylation sites is 1. The molecule has 17 heavy (non-hydrogen) atoms. The Morgan fingerprint density at radius 2 is 2.06 bits per heavy atom. The molecule has 2 rings (SSSR count). The minimum atomic E-state index is 0.0537. The van der Waals surface area contributed by atoms with Crippen LogP contribution in [0.3, 0.4) is 0 Å². The van der Waals surface area contributed by atoms with Gasteiger partial charge < -0.3 is 4.74 Å². The Kier molecular flexibility index (Phi) is 4.03. The van der Waals surface area contributed by atoms with E-state index in [4.69, 9.17) is 10.00 Å². The Bertz CT molecular complexity index is 382. The average Bonchev–Trinajstić information content (AvgIpc) is 2.40. The number of hydrogen-bond donors (Lipinski definition) is 0. The molecular formula is C15H19NO. The van der Waals surface area contributed by atoms with Crippen LogP contribution in [0.25, 0.3) is 0 Å². The van der Waals surface area contributed by atoms with Gasteiger partial charge in [0.05, 0.1) is 12.0 Å². The molecule has 3 atom stereocenters. The standard InChI is InChI=1S/C15H19NO/c1-2-12-8-9-13(11-16)15(10-12)17-14-6-4-3-5-7-14/h3-7,12-13,15H,2,8-10H2,1H3. The summed E-state index contributed by atoms with van der Waals surface area (Å²) in [6.07, 6.45) is 4.42. The first-order valence-electron chi connectivity index (χ1n) is 6.44. The third-order valence-electron chi connectivity index (χ3n) is 3.67. The van der Waals surface area contributed by atoms with E-state index in [2.05, 4.69) is 13.0 Å². The fraction of sp³-hybridized carbons (Fsp3) is 0.533. The van der Waals surface area contributed by atoms with Gasteiger partial charge in [0.1, 0.15) is 11.9 Å². The van der Waals surface area contributed by atoms with Gasteiger partial charge in [0.2, 0.25) is 0 Å². The van der Waals surface area contributed by atoms with Gasteiger partial charge in [0.25, 0.3) is 0 Å². The summed E-state index contributed by atoms with van der Waals surface area (Å²) in [7, 11) is 0. The summed E-state index contributed by atoms with van der Waals surface area (Å²) in [5.74, 6) is 1.65. The van der Waals surface area contributed by atoms with Gasteiger partial charge in [-0.15, -0.1) is 0 Å². The first-order chi connectivity index (χ1) is 8.33. The predicted octanol–water partition coefficient (Wildman–Crippen LogP) is 3.78. The number of rotatable bonds is 3. The largest absolute Gasteiger partial charge is 0.489 e. The second-order valence-electron chi connectivity index (χ2n) is 4.79. The van der Waals surface area contributed by atoms with Crippen LogP contribution in [0.1, 0.15) is 32.6 Å². The highest BCUT2D eigenvalue weighted by Gasteiger charge is 2.31. The number of ether oxygens (including phenoxy) is 1. The molecule has 1 saturated carbocycles. The van der Waals surface area contributed by atoms with Crippen molar-refractivity contribution in [3.05, 3.63) is 30.3 Å². The summed E-state index contributed by atoms with van der Waals surface area (Å²) in [5, 5.41) is 9.17. The molecule has 1 fully saturated rings. The molecule has 0 saturated heterocycles. The Morgan fingerprint density at radius 1 is 1.29 bits per heavy atom. The van der Waals surface area contributed by atoms with Crippen LogP contribution in [-0.4, -0.2) is 6.10 Å². The minimum absolute atomic E-state index is 0.0537. The molecule has 90 valence electrons. The second kappa shape index (κ2) is 5.72. The molecule has 0 amide bonds. The zero-order valence-electron chi connectivity index (χ0n) is 10.3. The highest BCUT2D eigenvalue weighted by atomic mass is 16.5. The van der Waals surface area contributed by atoms with Crippen molar-refractivity contribution in [1.82, 2.24) is 0 Å². The van der Waals surface area contributed by atoms with Gasteiger partial charge in [-0.2, -0.15) is 5.26 Å². The van der Waals surface area contributed by atoms with Gasteiger partial charge >= 0.3 is 0 Å². The quantitative estimate of drug-likeness (QED) is 0.790. The van der Waals surface area contributed by atoms with Crippen molar-refractivity contribution in [3.63, 3.8) is 0 Å². The van der Waals surface area contributed by atoms with Crippen LogP contribution < -0.4 is 4.74 Å². The van der Waals surface area contributed by atoms with E-state index in [1.807, 2.05) is 30.3 Å². The molecule has 0 aliphatic heterocycles. The van der Waals surface area contributed by atoms with E-state index in [1.165, 1.54) is 12.8 Å².